The topological polar surface area (TPSA) is 61.9 Å². The Bertz CT molecular complexity index is 868. The van der Waals surface area contributed by atoms with Crippen molar-refractivity contribution in [2.75, 3.05) is 37.6 Å². The van der Waals surface area contributed by atoms with Crippen LogP contribution in [-0.2, 0) is 16.8 Å². The van der Waals surface area contributed by atoms with Gasteiger partial charge in [0.1, 0.15) is 18.2 Å². The van der Waals surface area contributed by atoms with Crippen LogP contribution in [-0.4, -0.2) is 45.4 Å². The number of piperazine rings is 1. The number of halogens is 1. The van der Waals surface area contributed by atoms with Crippen molar-refractivity contribution in [1.29, 1.82) is 0 Å². The standard InChI is InChI=1S/C19H24FN3O3S/c1-2-21-27(24,25)23-11-9-22(10-12-23)18-7-4-8-19(14-18)26-15-16-5-3-6-17(20)13-16/h3-8,13-14,21H,2,9-12,15H2,1H3. The summed E-state index contributed by atoms with van der Waals surface area (Å²) in [7, 11) is -3.39. The molecule has 3 rings (SSSR count). The van der Waals surface area contributed by atoms with Crippen LogP contribution in [0.5, 0.6) is 5.75 Å². The Kier molecular flexibility index (Phi) is 6.30. The molecule has 1 aliphatic heterocycles. The molecule has 2 aromatic rings. The number of hydrogen-bond donors (Lipinski definition) is 1. The minimum Gasteiger partial charge on any atom is -0.489 e. The van der Waals surface area contributed by atoms with Gasteiger partial charge in [0, 0.05) is 44.5 Å². The van der Waals surface area contributed by atoms with E-state index in [1.807, 2.05) is 30.3 Å². The molecule has 0 aromatic heterocycles. The third-order valence-electron chi connectivity index (χ3n) is 4.38. The van der Waals surface area contributed by atoms with Crippen molar-refractivity contribution in [3.8, 4) is 5.75 Å². The van der Waals surface area contributed by atoms with Gasteiger partial charge >= 0.3 is 0 Å². The maximum Gasteiger partial charge on any atom is 0.279 e. The first-order chi connectivity index (χ1) is 13.0. The lowest BCUT2D eigenvalue weighted by Crippen LogP contribution is -2.52. The van der Waals surface area contributed by atoms with E-state index in [0.29, 0.717) is 38.5 Å². The van der Waals surface area contributed by atoms with Crippen molar-refractivity contribution >= 4 is 15.9 Å². The summed E-state index contributed by atoms with van der Waals surface area (Å²) in [4.78, 5) is 2.13. The third kappa shape index (κ3) is 5.18. The van der Waals surface area contributed by atoms with Crippen LogP contribution in [0.2, 0.25) is 0 Å². The average molecular weight is 393 g/mol. The molecule has 1 aliphatic rings. The van der Waals surface area contributed by atoms with Crippen molar-refractivity contribution < 1.29 is 17.5 Å². The molecule has 0 amide bonds. The van der Waals surface area contributed by atoms with Crippen LogP contribution in [0.15, 0.2) is 48.5 Å². The fourth-order valence-electron chi connectivity index (χ4n) is 3.02. The smallest absolute Gasteiger partial charge is 0.279 e. The first-order valence-corrected chi connectivity index (χ1v) is 10.4. The third-order valence-corrected chi connectivity index (χ3v) is 6.08. The van der Waals surface area contributed by atoms with Crippen LogP contribution in [0.3, 0.4) is 0 Å². The zero-order chi connectivity index (χ0) is 19.3. The molecule has 1 saturated heterocycles. The molecule has 1 heterocycles. The van der Waals surface area contributed by atoms with Gasteiger partial charge in [-0.3, -0.25) is 0 Å². The Balaban J connectivity index is 1.59. The Morgan fingerprint density at radius 3 is 2.52 bits per heavy atom. The molecule has 0 bridgehead atoms. The summed E-state index contributed by atoms with van der Waals surface area (Å²) in [5.41, 5.74) is 1.75. The molecule has 0 saturated carbocycles. The van der Waals surface area contributed by atoms with E-state index in [4.69, 9.17) is 4.74 Å². The van der Waals surface area contributed by atoms with Gasteiger partial charge in [-0.25, -0.2) is 9.11 Å². The van der Waals surface area contributed by atoms with E-state index < -0.39 is 10.2 Å². The highest BCUT2D eigenvalue weighted by atomic mass is 32.2. The van der Waals surface area contributed by atoms with E-state index in [-0.39, 0.29) is 12.4 Å². The molecule has 2 aromatic carbocycles. The van der Waals surface area contributed by atoms with Crippen molar-refractivity contribution in [1.82, 2.24) is 9.03 Å². The molecule has 8 heteroatoms. The summed E-state index contributed by atoms with van der Waals surface area (Å²) in [6.07, 6.45) is 0. The summed E-state index contributed by atoms with van der Waals surface area (Å²) in [5.74, 6) is 0.412. The minimum absolute atomic E-state index is 0.282. The van der Waals surface area contributed by atoms with Crippen LogP contribution in [0, 0.1) is 5.82 Å². The Morgan fingerprint density at radius 1 is 1.07 bits per heavy atom. The lowest BCUT2D eigenvalue weighted by Gasteiger charge is -2.35. The van der Waals surface area contributed by atoms with E-state index in [1.54, 1.807) is 13.0 Å². The molecule has 6 nitrogen and oxygen atoms in total. The number of ether oxygens (including phenoxy) is 1. The number of nitrogens with zero attached hydrogens (tertiary/aromatic N) is 2. The zero-order valence-electron chi connectivity index (χ0n) is 15.3. The van der Waals surface area contributed by atoms with Crippen LogP contribution in [0.4, 0.5) is 10.1 Å². The SMILES string of the molecule is CCNS(=O)(=O)N1CCN(c2cccc(OCc3cccc(F)c3)c2)CC1. The molecule has 146 valence electrons. The maximum atomic E-state index is 13.3. The van der Waals surface area contributed by atoms with Gasteiger partial charge in [-0.15, -0.1) is 0 Å². The van der Waals surface area contributed by atoms with Gasteiger partial charge in [-0.1, -0.05) is 25.1 Å². The minimum atomic E-state index is -3.39. The molecule has 0 atom stereocenters. The van der Waals surface area contributed by atoms with Crippen molar-refractivity contribution in [3.63, 3.8) is 0 Å². The quantitative estimate of drug-likeness (QED) is 0.785. The Labute approximate surface area is 159 Å². The van der Waals surface area contributed by atoms with Gasteiger partial charge < -0.3 is 9.64 Å². The Hall–Kier alpha value is -2.16. The van der Waals surface area contributed by atoms with Crippen LogP contribution in [0.25, 0.3) is 0 Å². The fourth-order valence-corrected chi connectivity index (χ4v) is 4.22. The summed E-state index contributed by atoms with van der Waals surface area (Å²) in [6, 6.07) is 14.0. The largest absolute Gasteiger partial charge is 0.489 e. The summed E-state index contributed by atoms with van der Waals surface area (Å²) < 4.78 is 47.2. The molecular weight excluding hydrogens is 369 g/mol. The molecule has 0 radical (unpaired) electrons. The molecule has 0 unspecified atom stereocenters. The monoisotopic (exact) mass is 393 g/mol. The highest BCUT2D eigenvalue weighted by Gasteiger charge is 2.26. The highest BCUT2D eigenvalue weighted by Crippen LogP contribution is 2.23. The number of benzene rings is 2. The van der Waals surface area contributed by atoms with E-state index >= 15 is 0 Å². The van der Waals surface area contributed by atoms with Gasteiger partial charge in [-0.05, 0) is 29.8 Å². The second-order valence-corrected chi connectivity index (χ2v) is 8.06. The normalized spacial score (nSPS) is 15.7. The van der Waals surface area contributed by atoms with Gasteiger partial charge in [-0.2, -0.15) is 12.7 Å². The lowest BCUT2D eigenvalue weighted by atomic mass is 10.2. The van der Waals surface area contributed by atoms with E-state index in [2.05, 4.69) is 9.62 Å². The van der Waals surface area contributed by atoms with Crippen LogP contribution >= 0.6 is 0 Å². The van der Waals surface area contributed by atoms with E-state index in [1.165, 1.54) is 16.4 Å². The Morgan fingerprint density at radius 2 is 1.81 bits per heavy atom. The van der Waals surface area contributed by atoms with Crippen LogP contribution in [0.1, 0.15) is 12.5 Å². The maximum absolute atomic E-state index is 13.3. The highest BCUT2D eigenvalue weighted by molar-refractivity contribution is 7.87. The second-order valence-electron chi connectivity index (χ2n) is 6.30. The van der Waals surface area contributed by atoms with Gasteiger partial charge in [0.25, 0.3) is 10.2 Å². The summed E-state index contributed by atoms with van der Waals surface area (Å²) >= 11 is 0. The first kappa shape index (κ1) is 19.6. The number of nitrogens with one attached hydrogen (secondary N) is 1. The van der Waals surface area contributed by atoms with Crippen molar-refractivity contribution in [2.24, 2.45) is 0 Å². The van der Waals surface area contributed by atoms with E-state index in [9.17, 15) is 12.8 Å². The van der Waals surface area contributed by atoms with Crippen LogP contribution < -0.4 is 14.4 Å². The molecule has 0 aliphatic carbocycles. The fraction of sp³-hybridized carbons (Fsp3) is 0.368. The zero-order valence-corrected chi connectivity index (χ0v) is 16.1. The van der Waals surface area contributed by atoms with Crippen molar-refractivity contribution in [3.05, 3.63) is 59.9 Å². The number of hydrogen-bond acceptors (Lipinski definition) is 4. The van der Waals surface area contributed by atoms with Gasteiger partial charge in [0.15, 0.2) is 0 Å². The second kappa shape index (κ2) is 8.69. The molecule has 1 N–H and O–H groups in total. The predicted octanol–water partition coefficient (Wildman–Crippen LogP) is 2.38. The van der Waals surface area contributed by atoms with E-state index in [0.717, 1.165) is 11.3 Å². The molecule has 1 fully saturated rings. The van der Waals surface area contributed by atoms with Crippen molar-refractivity contribution in [2.45, 2.75) is 13.5 Å². The average Bonchev–Trinajstić information content (AvgIpc) is 2.67. The number of rotatable bonds is 7. The first-order valence-electron chi connectivity index (χ1n) is 8.95. The summed E-state index contributed by atoms with van der Waals surface area (Å²) in [6.45, 7) is 4.52. The molecule has 27 heavy (non-hydrogen) atoms. The predicted molar refractivity (Wildman–Crippen MR) is 104 cm³/mol. The van der Waals surface area contributed by atoms with Gasteiger partial charge in [0.2, 0.25) is 0 Å². The van der Waals surface area contributed by atoms with Gasteiger partial charge in [0.05, 0.1) is 0 Å². The molecular formula is C19H24FN3O3S. The lowest BCUT2D eigenvalue weighted by molar-refractivity contribution is 0.305. The number of anilines is 1. The molecule has 0 spiro atoms. The summed E-state index contributed by atoms with van der Waals surface area (Å²) in [5, 5.41) is 0.